The van der Waals surface area contributed by atoms with Crippen LogP contribution in [0.15, 0.2) is 71.7 Å². The van der Waals surface area contributed by atoms with E-state index < -0.39 is 23.8 Å². The van der Waals surface area contributed by atoms with E-state index in [2.05, 4.69) is 10.3 Å². The van der Waals surface area contributed by atoms with Gasteiger partial charge in [0.1, 0.15) is 5.84 Å². The topological polar surface area (TPSA) is 114 Å². The van der Waals surface area contributed by atoms with Gasteiger partial charge in [0, 0.05) is 18.7 Å². The number of nitrogens with one attached hydrogen (secondary N) is 1. The van der Waals surface area contributed by atoms with Crippen molar-refractivity contribution in [2.75, 3.05) is 26.3 Å². The van der Waals surface area contributed by atoms with Crippen LogP contribution in [0.2, 0.25) is 0 Å². The average Bonchev–Trinajstić information content (AvgIpc) is 3.44. The molecule has 1 aromatic heterocycles. The number of hydrogen-bond acceptors (Lipinski definition) is 5. The summed E-state index contributed by atoms with van der Waals surface area (Å²) in [5.74, 6) is -3.53. The Labute approximate surface area is 226 Å². The number of nitrogens with two attached hydrogens (primary N) is 1. The predicted molar refractivity (Wildman–Crippen MR) is 141 cm³/mol. The zero-order chi connectivity index (χ0) is 28.0. The molecule has 0 spiro atoms. The average molecular weight is 559 g/mol. The minimum atomic E-state index is -5.13. The number of benzene rings is 2. The number of halogens is 3. The normalized spacial score (nSPS) is 16.1. The highest BCUT2D eigenvalue weighted by Gasteiger charge is 2.39. The molecule has 4 rings (SSSR count). The number of nitrogens with zero attached hydrogens (tertiary/aromatic N) is 2. The quantitative estimate of drug-likeness (QED) is 0.338. The van der Waals surface area contributed by atoms with Crippen LogP contribution in [-0.2, 0) is 9.53 Å². The van der Waals surface area contributed by atoms with E-state index >= 15 is 0 Å². The first-order valence-electron chi connectivity index (χ1n) is 12.0. The highest BCUT2D eigenvalue weighted by atomic mass is 32.1. The van der Waals surface area contributed by atoms with E-state index in [9.17, 15) is 27.6 Å². The molecular weight excluding hydrogens is 533 g/mol. The van der Waals surface area contributed by atoms with Crippen molar-refractivity contribution < 1.29 is 32.3 Å². The molecule has 8 nitrogen and oxygen atoms in total. The molecule has 0 radical (unpaired) electrons. The van der Waals surface area contributed by atoms with Crippen molar-refractivity contribution in [3.8, 4) is 11.1 Å². The van der Waals surface area contributed by atoms with Crippen LogP contribution in [0.25, 0.3) is 11.1 Å². The number of morpholine rings is 1. The molecule has 1 unspecified atom stereocenters. The van der Waals surface area contributed by atoms with Gasteiger partial charge in [-0.05, 0) is 41.8 Å². The maximum Gasteiger partial charge on any atom is 0.473 e. The maximum absolute atomic E-state index is 13.4. The molecule has 2 heterocycles. The molecule has 12 heteroatoms. The highest BCUT2D eigenvalue weighted by Crippen LogP contribution is 2.23. The lowest BCUT2D eigenvalue weighted by Gasteiger charge is -2.36. The number of aliphatic imine (C=N–C) groups is 1. The van der Waals surface area contributed by atoms with Gasteiger partial charge in [0.25, 0.3) is 11.8 Å². The van der Waals surface area contributed by atoms with Crippen molar-refractivity contribution in [2.24, 2.45) is 10.7 Å². The summed E-state index contributed by atoms with van der Waals surface area (Å²) in [7, 11) is 0. The summed E-state index contributed by atoms with van der Waals surface area (Å²) in [6, 6.07) is 19.6. The van der Waals surface area contributed by atoms with E-state index in [1.807, 2.05) is 48.5 Å². The Morgan fingerprint density at radius 1 is 1.03 bits per heavy atom. The number of alkyl halides is 3. The third-order valence-electron chi connectivity index (χ3n) is 6.01. The van der Waals surface area contributed by atoms with E-state index in [1.54, 1.807) is 11.0 Å². The first kappa shape index (κ1) is 28.0. The van der Waals surface area contributed by atoms with Crippen LogP contribution in [-0.4, -0.2) is 67.0 Å². The summed E-state index contributed by atoms with van der Waals surface area (Å²) in [6.07, 6.45) is -4.71. The molecule has 1 aliphatic heterocycles. The maximum atomic E-state index is 13.4. The van der Waals surface area contributed by atoms with Gasteiger partial charge in [0.15, 0.2) is 0 Å². The van der Waals surface area contributed by atoms with Gasteiger partial charge in [-0.15, -0.1) is 11.3 Å². The summed E-state index contributed by atoms with van der Waals surface area (Å²) in [6.45, 7) is 1.37. The first-order chi connectivity index (χ1) is 18.6. The van der Waals surface area contributed by atoms with Gasteiger partial charge < -0.3 is 20.7 Å². The molecule has 1 atom stereocenters. The number of amides is 3. The van der Waals surface area contributed by atoms with E-state index in [0.717, 1.165) is 22.5 Å². The van der Waals surface area contributed by atoms with Crippen LogP contribution >= 0.6 is 11.3 Å². The van der Waals surface area contributed by atoms with E-state index in [4.69, 9.17) is 10.5 Å². The van der Waals surface area contributed by atoms with Crippen molar-refractivity contribution in [2.45, 2.75) is 18.6 Å². The third kappa shape index (κ3) is 7.09. The number of carbonyl (C=O) groups is 3. The summed E-state index contributed by atoms with van der Waals surface area (Å²) in [5.41, 5.74) is 7.99. The Balaban J connectivity index is 1.36. The summed E-state index contributed by atoms with van der Waals surface area (Å²) < 4.78 is 42.8. The zero-order valence-corrected chi connectivity index (χ0v) is 21.4. The second-order valence-corrected chi connectivity index (χ2v) is 9.77. The molecule has 3 N–H and O–H groups in total. The smallest absolute Gasteiger partial charge is 0.382 e. The minimum Gasteiger partial charge on any atom is -0.382 e. The second kappa shape index (κ2) is 12.2. The number of ether oxygens (including phenoxy) is 1. The Morgan fingerprint density at radius 3 is 2.49 bits per heavy atom. The van der Waals surface area contributed by atoms with Crippen LogP contribution in [0.5, 0.6) is 0 Å². The molecule has 1 saturated heterocycles. The van der Waals surface area contributed by atoms with E-state index in [0.29, 0.717) is 31.7 Å². The molecule has 1 fully saturated rings. The standard InChI is InChI=1S/C27H25F3N4O4S/c28-27(29,30)26(37)33-23(31)21-9-10-22(39-21)24(35)32-12-11-20-16-38-14-13-34(20)25(36)19-8-4-7-18(15-19)17-5-2-1-3-6-17/h1-10,15,20H,11-14,16H2,(H,32,35)(H2,31,33,37). The van der Waals surface area contributed by atoms with E-state index in [-0.39, 0.29) is 28.2 Å². The SMILES string of the molecule is NC(=NC(=O)C(F)(F)F)c1ccc(C(=O)NCCC2COCCN2C(=O)c2cccc(-c3ccccc3)c2)s1. The molecule has 39 heavy (non-hydrogen) atoms. The van der Waals surface area contributed by atoms with Gasteiger partial charge in [0.05, 0.1) is 29.0 Å². The second-order valence-electron chi connectivity index (χ2n) is 8.68. The number of rotatable bonds is 7. The van der Waals surface area contributed by atoms with Gasteiger partial charge in [0.2, 0.25) is 0 Å². The molecule has 1 aliphatic rings. The van der Waals surface area contributed by atoms with Gasteiger partial charge >= 0.3 is 12.1 Å². The molecule has 3 aromatic rings. The van der Waals surface area contributed by atoms with Gasteiger partial charge in [-0.3, -0.25) is 14.4 Å². The van der Waals surface area contributed by atoms with Crippen LogP contribution < -0.4 is 11.1 Å². The Bertz CT molecular complexity index is 1370. The number of carbonyl (C=O) groups excluding carboxylic acids is 3. The first-order valence-corrected chi connectivity index (χ1v) is 12.8. The highest BCUT2D eigenvalue weighted by molar-refractivity contribution is 7.16. The molecular formula is C27H25F3N4O4S. The van der Waals surface area contributed by atoms with Crippen molar-refractivity contribution in [3.63, 3.8) is 0 Å². The Morgan fingerprint density at radius 2 is 1.74 bits per heavy atom. The summed E-state index contributed by atoms with van der Waals surface area (Å²) in [5, 5.41) is 2.74. The number of thiophene rings is 1. The Kier molecular flexibility index (Phi) is 8.77. The minimum absolute atomic E-state index is 0.0629. The largest absolute Gasteiger partial charge is 0.473 e. The van der Waals surface area contributed by atoms with Crippen LogP contribution in [0.1, 0.15) is 31.3 Å². The molecule has 2 aromatic carbocycles. The van der Waals surface area contributed by atoms with Crippen LogP contribution in [0.4, 0.5) is 13.2 Å². The fourth-order valence-corrected chi connectivity index (χ4v) is 4.88. The van der Waals surface area contributed by atoms with Crippen molar-refractivity contribution in [3.05, 3.63) is 82.0 Å². The lowest BCUT2D eigenvalue weighted by Crippen LogP contribution is -2.49. The Hall–Kier alpha value is -4.03. The third-order valence-corrected chi connectivity index (χ3v) is 7.12. The summed E-state index contributed by atoms with van der Waals surface area (Å²) in [4.78, 5) is 41.8. The van der Waals surface area contributed by atoms with Gasteiger partial charge in [-0.25, -0.2) is 0 Å². The lowest BCUT2D eigenvalue weighted by molar-refractivity contribution is -0.169. The van der Waals surface area contributed by atoms with Crippen LogP contribution in [0, 0.1) is 0 Å². The fraction of sp³-hybridized carbons (Fsp3) is 0.259. The van der Waals surface area contributed by atoms with Gasteiger partial charge in [-0.2, -0.15) is 18.2 Å². The zero-order valence-electron chi connectivity index (χ0n) is 20.6. The molecule has 0 bridgehead atoms. The molecule has 0 aliphatic carbocycles. The van der Waals surface area contributed by atoms with Crippen molar-refractivity contribution >= 4 is 34.9 Å². The van der Waals surface area contributed by atoms with Crippen molar-refractivity contribution in [1.29, 1.82) is 0 Å². The lowest BCUT2D eigenvalue weighted by atomic mass is 10.0. The number of hydrogen-bond donors (Lipinski definition) is 2. The number of amidine groups is 1. The molecule has 0 saturated carbocycles. The summed E-state index contributed by atoms with van der Waals surface area (Å²) >= 11 is 0.813. The molecule has 3 amide bonds. The molecule has 204 valence electrons. The fourth-order valence-electron chi connectivity index (χ4n) is 4.05. The van der Waals surface area contributed by atoms with Gasteiger partial charge in [-0.1, -0.05) is 42.5 Å². The predicted octanol–water partition coefficient (Wildman–Crippen LogP) is 3.87. The van der Waals surface area contributed by atoms with E-state index in [1.165, 1.54) is 12.1 Å². The van der Waals surface area contributed by atoms with Crippen LogP contribution in [0.3, 0.4) is 0 Å². The van der Waals surface area contributed by atoms with Crippen molar-refractivity contribution in [1.82, 2.24) is 10.2 Å². The monoisotopic (exact) mass is 558 g/mol.